The Balaban J connectivity index is 1.73. The first-order valence-corrected chi connectivity index (χ1v) is 9.38. The molecule has 0 amide bonds. The van der Waals surface area contributed by atoms with E-state index in [9.17, 15) is 8.42 Å². The van der Waals surface area contributed by atoms with Crippen LogP contribution in [0.15, 0.2) is 29.2 Å². The Morgan fingerprint density at radius 3 is 2.38 bits per heavy atom. The van der Waals surface area contributed by atoms with Crippen molar-refractivity contribution in [3.8, 4) is 0 Å². The van der Waals surface area contributed by atoms with Gasteiger partial charge in [-0.3, -0.25) is 4.18 Å². The second kappa shape index (κ2) is 7.41. The maximum Gasteiger partial charge on any atom is 0.296 e. The van der Waals surface area contributed by atoms with Gasteiger partial charge in [0.2, 0.25) is 0 Å². The van der Waals surface area contributed by atoms with Crippen LogP contribution in [0.4, 0.5) is 0 Å². The van der Waals surface area contributed by atoms with E-state index in [1.54, 1.807) is 24.3 Å². The Kier molecular flexibility index (Phi) is 5.82. The molecule has 1 aliphatic carbocycles. The van der Waals surface area contributed by atoms with Crippen molar-refractivity contribution >= 4 is 10.1 Å². The average Bonchev–Trinajstić information content (AvgIpc) is 2.41. The smallest absolute Gasteiger partial charge is 0.266 e. The van der Waals surface area contributed by atoms with Gasteiger partial charge in [0.1, 0.15) is 0 Å². The van der Waals surface area contributed by atoms with E-state index in [-0.39, 0.29) is 4.90 Å². The molecule has 3 nitrogen and oxygen atoms in total. The van der Waals surface area contributed by atoms with E-state index in [0.29, 0.717) is 12.5 Å². The highest BCUT2D eigenvalue weighted by atomic mass is 32.2. The van der Waals surface area contributed by atoms with E-state index in [4.69, 9.17) is 4.18 Å². The molecule has 0 aliphatic heterocycles. The van der Waals surface area contributed by atoms with Crippen molar-refractivity contribution in [1.82, 2.24) is 0 Å². The summed E-state index contributed by atoms with van der Waals surface area (Å²) in [5.74, 6) is 1.20. The standard InChI is InChI=1S/C17H26O3S/c1-3-4-5-6-15-11-16(12-15)13-20-21(18,19)17-9-7-14(2)8-10-17/h7-10,15-16H,3-6,11-13H2,1-2H3. The van der Waals surface area contributed by atoms with Crippen LogP contribution in [0.3, 0.4) is 0 Å². The Morgan fingerprint density at radius 1 is 1.10 bits per heavy atom. The lowest BCUT2D eigenvalue weighted by atomic mass is 9.73. The average molecular weight is 310 g/mol. The second-order valence-electron chi connectivity index (χ2n) is 6.25. The minimum Gasteiger partial charge on any atom is -0.266 e. The zero-order valence-electron chi connectivity index (χ0n) is 13.0. The highest BCUT2D eigenvalue weighted by Crippen LogP contribution is 2.37. The predicted molar refractivity (Wildman–Crippen MR) is 84.7 cm³/mol. The lowest BCUT2D eigenvalue weighted by Crippen LogP contribution is -2.28. The molecule has 0 aromatic heterocycles. The van der Waals surface area contributed by atoms with Gasteiger partial charge in [-0.25, -0.2) is 0 Å². The third kappa shape index (κ3) is 4.82. The first-order valence-electron chi connectivity index (χ1n) is 7.97. The molecular formula is C17H26O3S. The molecule has 0 spiro atoms. The summed E-state index contributed by atoms with van der Waals surface area (Å²) in [6, 6.07) is 6.81. The van der Waals surface area contributed by atoms with Crippen LogP contribution in [0.5, 0.6) is 0 Å². The summed E-state index contributed by atoms with van der Waals surface area (Å²) >= 11 is 0. The zero-order valence-corrected chi connectivity index (χ0v) is 13.9. The monoisotopic (exact) mass is 310 g/mol. The van der Waals surface area contributed by atoms with E-state index < -0.39 is 10.1 Å². The molecule has 1 aromatic carbocycles. The van der Waals surface area contributed by atoms with Crippen molar-refractivity contribution in [2.45, 2.75) is 57.3 Å². The highest BCUT2D eigenvalue weighted by molar-refractivity contribution is 7.86. The van der Waals surface area contributed by atoms with Crippen LogP contribution in [0.25, 0.3) is 0 Å². The third-order valence-corrected chi connectivity index (χ3v) is 5.61. The normalized spacial score (nSPS) is 22.0. The van der Waals surface area contributed by atoms with Gasteiger partial charge in [-0.1, -0.05) is 50.3 Å². The summed E-state index contributed by atoms with van der Waals surface area (Å²) < 4.78 is 29.3. The number of hydrogen-bond acceptors (Lipinski definition) is 3. The van der Waals surface area contributed by atoms with Crippen LogP contribution in [0.2, 0.25) is 0 Å². The van der Waals surface area contributed by atoms with Crippen LogP contribution < -0.4 is 0 Å². The molecule has 1 aromatic rings. The number of benzene rings is 1. The number of unbranched alkanes of at least 4 members (excludes halogenated alkanes) is 2. The van der Waals surface area contributed by atoms with E-state index in [0.717, 1.165) is 24.3 Å². The predicted octanol–water partition coefficient (Wildman–Crippen LogP) is 4.31. The fourth-order valence-electron chi connectivity index (χ4n) is 2.89. The van der Waals surface area contributed by atoms with Crippen molar-refractivity contribution in [2.75, 3.05) is 6.61 Å². The topological polar surface area (TPSA) is 43.4 Å². The quantitative estimate of drug-likeness (QED) is 0.531. The van der Waals surface area contributed by atoms with E-state index in [1.807, 2.05) is 6.92 Å². The largest absolute Gasteiger partial charge is 0.296 e. The molecule has 118 valence electrons. The molecule has 2 rings (SSSR count). The van der Waals surface area contributed by atoms with Gasteiger partial charge in [0.05, 0.1) is 11.5 Å². The van der Waals surface area contributed by atoms with Crippen molar-refractivity contribution in [1.29, 1.82) is 0 Å². The van der Waals surface area contributed by atoms with Crippen LogP contribution in [0.1, 0.15) is 51.0 Å². The fraction of sp³-hybridized carbons (Fsp3) is 0.647. The second-order valence-corrected chi connectivity index (χ2v) is 7.87. The molecule has 0 N–H and O–H groups in total. The lowest BCUT2D eigenvalue weighted by Gasteiger charge is -2.35. The maximum absolute atomic E-state index is 12.1. The van der Waals surface area contributed by atoms with Gasteiger partial charge < -0.3 is 0 Å². The van der Waals surface area contributed by atoms with Crippen molar-refractivity contribution < 1.29 is 12.6 Å². The summed E-state index contributed by atoms with van der Waals surface area (Å²) in [7, 11) is -3.59. The molecule has 0 saturated heterocycles. The number of hydrogen-bond donors (Lipinski definition) is 0. The van der Waals surface area contributed by atoms with Crippen LogP contribution in [-0.2, 0) is 14.3 Å². The molecule has 0 unspecified atom stereocenters. The SMILES string of the molecule is CCCCCC1CC(COS(=O)(=O)c2ccc(C)cc2)C1. The molecule has 0 bridgehead atoms. The molecule has 0 radical (unpaired) electrons. The maximum atomic E-state index is 12.1. The Bertz CT molecular complexity index is 528. The molecule has 21 heavy (non-hydrogen) atoms. The lowest BCUT2D eigenvalue weighted by molar-refractivity contribution is 0.116. The van der Waals surface area contributed by atoms with Gasteiger partial charge in [0.15, 0.2) is 0 Å². The van der Waals surface area contributed by atoms with Crippen LogP contribution in [-0.4, -0.2) is 15.0 Å². The van der Waals surface area contributed by atoms with Gasteiger partial charge in [-0.15, -0.1) is 0 Å². The summed E-state index contributed by atoms with van der Waals surface area (Å²) in [4.78, 5) is 0.256. The summed E-state index contributed by atoms with van der Waals surface area (Å²) in [5, 5.41) is 0. The van der Waals surface area contributed by atoms with Gasteiger partial charge in [-0.2, -0.15) is 8.42 Å². The molecular weight excluding hydrogens is 284 g/mol. The van der Waals surface area contributed by atoms with E-state index >= 15 is 0 Å². The third-order valence-electron chi connectivity index (χ3n) is 4.32. The van der Waals surface area contributed by atoms with Crippen molar-refractivity contribution in [2.24, 2.45) is 11.8 Å². The van der Waals surface area contributed by atoms with E-state index in [2.05, 4.69) is 6.92 Å². The fourth-order valence-corrected chi connectivity index (χ4v) is 3.86. The van der Waals surface area contributed by atoms with Crippen LogP contribution >= 0.6 is 0 Å². The summed E-state index contributed by atoms with van der Waals surface area (Å²) in [6.07, 6.45) is 7.39. The van der Waals surface area contributed by atoms with Crippen LogP contribution in [0, 0.1) is 18.8 Å². The van der Waals surface area contributed by atoms with Gasteiger partial charge in [-0.05, 0) is 43.7 Å². The minimum absolute atomic E-state index is 0.256. The Hall–Kier alpha value is -0.870. The van der Waals surface area contributed by atoms with Gasteiger partial charge in [0, 0.05) is 0 Å². The van der Waals surface area contributed by atoms with Crippen molar-refractivity contribution in [3.05, 3.63) is 29.8 Å². The molecule has 0 heterocycles. The first-order chi connectivity index (χ1) is 10.0. The number of aryl methyl sites for hydroxylation is 1. The molecule has 0 atom stereocenters. The highest BCUT2D eigenvalue weighted by Gasteiger charge is 2.30. The molecule has 1 aliphatic rings. The van der Waals surface area contributed by atoms with Gasteiger partial charge >= 0.3 is 0 Å². The summed E-state index contributed by atoms with van der Waals surface area (Å²) in [5.41, 5.74) is 1.04. The van der Waals surface area contributed by atoms with E-state index in [1.165, 1.54) is 25.7 Å². The Labute approximate surface area is 128 Å². The Morgan fingerprint density at radius 2 is 1.76 bits per heavy atom. The zero-order chi connectivity index (χ0) is 15.3. The van der Waals surface area contributed by atoms with Gasteiger partial charge in [0.25, 0.3) is 10.1 Å². The van der Waals surface area contributed by atoms with Crippen molar-refractivity contribution in [3.63, 3.8) is 0 Å². The molecule has 4 heteroatoms. The molecule has 1 saturated carbocycles. The summed E-state index contributed by atoms with van der Waals surface area (Å²) in [6.45, 7) is 4.48. The molecule has 1 fully saturated rings. The minimum atomic E-state index is -3.59. The number of rotatable bonds is 8. The first kappa shape index (κ1) is 16.5.